The Morgan fingerprint density at radius 1 is 1.13 bits per heavy atom. The first-order valence-corrected chi connectivity index (χ1v) is 9.90. The Morgan fingerprint density at radius 2 is 1.90 bits per heavy atom. The van der Waals surface area contributed by atoms with Gasteiger partial charge in [0.2, 0.25) is 17.6 Å². The molecule has 30 heavy (non-hydrogen) atoms. The van der Waals surface area contributed by atoms with E-state index in [9.17, 15) is 4.79 Å². The molecule has 152 valence electrons. The highest BCUT2D eigenvalue weighted by molar-refractivity contribution is 6.30. The maximum atomic E-state index is 12.3. The molecule has 4 rings (SSSR count). The Bertz CT molecular complexity index is 1130. The van der Waals surface area contributed by atoms with Crippen molar-refractivity contribution in [3.8, 4) is 11.4 Å². The van der Waals surface area contributed by atoms with Crippen molar-refractivity contribution in [3.05, 3.63) is 83.2 Å². The molecule has 0 radical (unpaired) electrons. The first kappa shape index (κ1) is 19.8. The fourth-order valence-corrected chi connectivity index (χ4v) is 3.10. The van der Waals surface area contributed by atoms with Crippen molar-refractivity contribution in [2.45, 2.75) is 26.3 Å². The van der Waals surface area contributed by atoms with Crippen LogP contribution in [0.1, 0.15) is 23.7 Å². The lowest BCUT2D eigenvalue weighted by Gasteiger charge is -2.08. The van der Waals surface area contributed by atoms with Crippen molar-refractivity contribution in [1.82, 2.24) is 19.7 Å². The minimum atomic E-state index is -0.112. The molecule has 1 N–H and O–H groups in total. The molecular weight excluding hydrogens is 402 g/mol. The topological polar surface area (TPSA) is 85.8 Å². The SMILES string of the molecule is Cc1nccn1Cc1ccc(NC(=O)CCc2nc(-c3ccc(Cl)cc3)no2)cc1. The van der Waals surface area contributed by atoms with E-state index in [0.29, 0.717) is 23.2 Å². The Balaban J connectivity index is 1.29. The number of hydrogen-bond donors (Lipinski definition) is 1. The first-order chi connectivity index (χ1) is 14.6. The summed E-state index contributed by atoms with van der Waals surface area (Å²) in [5.41, 5.74) is 2.69. The van der Waals surface area contributed by atoms with E-state index in [-0.39, 0.29) is 12.3 Å². The summed E-state index contributed by atoms with van der Waals surface area (Å²) in [6, 6.07) is 14.9. The van der Waals surface area contributed by atoms with Crippen LogP contribution in [0, 0.1) is 6.92 Å². The molecule has 0 unspecified atom stereocenters. The molecule has 2 aromatic carbocycles. The van der Waals surface area contributed by atoms with Gasteiger partial charge in [-0.15, -0.1) is 0 Å². The highest BCUT2D eigenvalue weighted by Gasteiger charge is 2.11. The van der Waals surface area contributed by atoms with Crippen molar-refractivity contribution in [2.75, 3.05) is 5.32 Å². The van der Waals surface area contributed by atoms with Crippen molar-refractivity contribution in [3.63, 3.8) is 0 Å². The number of nitrogens with zero attached hydrogens (tertiary/aromatic N) is 4. The molecule has 0 aliphatic heterocycles. The quantitative estimate of drug-likeness (QED) is 0.474. The van der Waals surface area contributed by atoms with E-state index in [0.717, 1.165) is 29.2 Å². The lowest BCUT2D eigenvalue weighted by molar-refractivity contribution is -0.116. The molecule has 8 heteroatoms. The fraction of sp³-hybridized carbons (Fsp3) is 0.182. The summed E-state index contributed by atoms with van der Waals surface area (Å²) >= 11 is 5.89. The van der Waals surface area contributed by atoms with Gasteiger partial charge in [-0.05, 0) is 48.9 Å². The number of rotatable bonds is 7. The van der Waals surface area contributed by atoms with Gasteiger partial charge >= 0.3 is 0 Å². The largest absolute Gasteiger partial charge is 0.339 e. The highest BCUT2D eigenvalue weighted by atomic mass is 35.5. The van der Waals surface area contributed by atoms with Gasteiger partial charge in [-0.3, -0.25) is 4.79 Å². The number of carbonyl (C=O) groups is 1. The predicted molar refractivity (Wildman–Crippen MR) is 114 cm³/mol. The standard InChI is InChI=1S/C22H20ClN5O2/c1-15-24-12-13-28(15)14-16-2-8-19(9-3-16)25-20(29)10-11-21-26-22(27-30-21)17-4-6-18(23)7-5-17/h2-9,12-13H,10-11,14H2,1H3,(H,25,29). The Labute approximate surface area is 178 Å². The normalized spacial score (nSPS) is 10.9. The fourth-order valence-electron chi connectivity index (χ4n) is 2.98. The van der Waals surface area contributed by atoms with E-state index in [4.69, 9.17) is 16.1 Å². The minimum absolute atomic E-state index is 0.112. The van der Waals surface area contributed by atoms with Gasteiger partial charge < -0.3 is 14.4 Å². The van der Waals surface area contributed by atoms with Crippen LogP contribution in [0.4, 0.5) is 5.69 Å². The minimum Gasteiger partial charge on any atom is -0.339 e. The molecule has 2 aromatic heterocycles. The molecule has 0 saturated heterocycles. The Morgan fingerprint density at radius 3 is 2.60 bits per heavy atom. The van der Waals surface area contributed by atoms with Crippen LogP contribution in [0.5, 0.6) is 0 Å². The van der Waals surface area contributed by atoms with Gasteiger partial charge in [0, 0.05) is 48.1 Å². The molecule has 0 fully saturated rings. The van der Waals surface area contributed by atoms with Crippen LogP contribution in [0.2, 0.25) is 5.02 Å². The van der Waals surface area contributed by atoms with E-state index in [1.54, 1.807) is 18.3 Å². The van der Waals surface area contributed by atoms with E-state index in [2.05, 4.69) is 25.0 Å². The smallest absolute Gasteiger partial charge is 0.227 e. The zero-order valence-electron chi connectivity index (χ0n) is 16.4. The summed E-state index contributed by atoms with van der Waals surface area (Å²) < 4.78 is 7.31. The van der Waals surface area contributed by atoms with Gasteiger partial charge in [0.25, 0.3) is 0 Å². The van der Waals surface area contributed by atoms with Crippen LogP contribution < -0.4 is 5.32 Å². The second kappa shape index (κ2) is 8.92. The van der Waals surface area contributed by atoms with Crippen molar-refractivity contribution in [2.24, 2.45) is 0 Å². The Hall–Kier alpha value is -3.45. The summed E-state index contributed by atoms with van der Waals surface area (Å²) in [6.07, 6.45) is 4.34. The van der Waals surface area contributed by atoms with E-state index < -0.39 is 0 Å². The van der Waals surface area contributed by atoms with Crippen molar-refractivity contribution < 1.29 is 9.32 Å². The molecule has 0 saturated carbocycles. The average molecular weight is 422 g/mol. The van der Waals surface area contributed by atoms with E-state index in [1.165, 1.54) is 0 Å². The Kier molecular flexibility index (Phi) is 5.90. The zero-order valence-corrected chi connectivity index (χ0v) is 17.1. The van der Waals surface area contributed by atoms with Crippen molar-refractivity contribution in [1.29, 1.82) is 0 Å². The first-order valence-electron chi connectivity index (χ1n) is 9.52. The van der Waals surface area contributed by atoms with E-state index in [1.807, 2.05) is 49.5 Å². The molecule has 1 amide bonds. The molecule has 0 aliphatic carbocycles. The number of aromatic nitrogens is 4. The zero-order chi connectivity index (χ0) is 20.9. The summed E-state index contributed by atoms with van der Waals surface area (Å²) in [4.78, 5) is 20.8. The predicted octanol–water partition coefficient (Wildman–Crippen LogP) is 4.51. The number of anilines is 1. The maximum Gasteiger partial charge on any atom is 0.227 e. The van der Waals surface area contributed by atoms with Gasteiger partial charge in [0.15, 0.2) is 0 Å². The van der Waals surface area contributed by atoms with Crippen LogP contribution in [-0.4, -0.2) is 25.6 Å². The lowest BCUT2D eigenvalue weighted by Crippen LogP contribution is -2.12. The third kappa shape index (κ3) is 4.93. The molecule has 0 bridgehead atoms. The monoisotopic (exact) mass is 421 g/mol. The lowest BCUT2D eigenvalue weighted by atomic mass is 10.2. The number of amides is 1. The maximum absolute atomic E-state index is 12.3. The third-order valence-electron chi connectivity index (χ3n) is 4.65. The van der Waals surface area contributed by atoms with Crippen molar-refractivity contribution >= 4 is 23.2 Å². The molecule has 4 aromatic rings. The summed E-state index contributed by atoms with van der Waals surface area (Å²) in [6.45, 7) is 2.71. The number of hydrogen-bond acceptors (Lipinski definition) is 5. The van der Waals surface area contributed by atoms with Gasteiger partial charge in [-0.25, -0.2) is 4.98 Å². The number of imidazole rings is 1. The number of aryl methyl sites for hydroxylation is 2. The summed E-state index contributed by atoms with van der Waals surface area (Å²) in [5.74, 6) is 1.75. The highest BCUT2D eigenvalue weighted by Crippen LogP contribution is 2.19. The summed E-state index contributed by atoms with van der Waals surface area (Å²) in [7, 11) is 0. The number of benzene rings is 2. The molecule has 0 atom stereocenters. The summed E-state index contributed by atoms with van der Waals surface area (Å²) in [5, 5.41) is 7.49. The average Bonchev–Trinajstić information content (AvgIpc) is 3.38. The van der Waals surface area contributed by atoms with Gasteiger partial charge in [0.05, 0.1) is 0 Å². The van der Waals surface area contributed by atoms with Crippen LogP contribution in [-0.2, 0) is 17.8 Å². The number of carbonyl (C=O) groups excluding carboxylic acids is 1. The van der Waals surface area contributed by atoms with Gasteiger partial charge in [-0.1, -0.05) is 28.9 Å². The van der Waals surface area contributed by atoms with Crippen LogP contribution in [0.15, 0.2) is 65.4 Å². The number of nitrogens with one attached hydrogen (secondary N) is 1. The molecule has 0 aliphatic rings. The molecular formula is C22H20ClN5O2. The van der Waals surface area contributed by atoms with E-state index >= 15 is 0 Å². The van der Waals surface area contributed by atoms with Crippen LogP contribution in [0.25, 0.3) is 11.4 Å². The third-order valence-corrected chi connectivity index (χ3v) is 4.90. The number of halogens is 1. The molecule has 0 spiro atoms. The second-order valence-corrected chi connectivity index (χ2v) is 7.30. The second-order valence-electron chi connectivity index (χ2n) is 6.87. The van der Waals surface area contributed by atoms with Gasteiger partial charge in [0.1, 0.15) is 5.82 Å². The molecule has 7 nitrogen and oxygen atoms in total. The van der Waals surface area contributed by atoms with Gasteiger partial charge in [-0.2, -0.15) is 4.98 Å². The van der Waals surface area contributed by atoms with Crippen LogP contribution >= 0.6 is 11.6 Å². The van der Waals surface area contributed by atoms with Crippen LogP contribution in [0.3, 0.4) is 0 Å². The molecule has 2 heterocycles.